The van der Waals surface area contributed by atoms with Crippen molar-refractivity contribution in [1.29, 1.82) is 0 Å². The summed E-state index contributed by atoms with van der Waals surface area (Å²) in [5.41, 5.74) is 5.65. The summed E-state index contributed by atoms with van der Waals surface area (Å²) in [5, 5.41) is 4.39. The Kier molecular flexibility index (Phi) is 2.96. The normalized spacial score (nSPS) is 16.7. The Labute approximate surface area is 128 Å². The fourth-order valence-electron chi connectivity index (χ4n) is 3.26. The first-order valence-corrected chi connectivity index (χ1v) is 7.51. The van der Waals surface area contributed by atoms with Gasteiger partial charge < -0.3 is 10.3 Å². The highest BCUT2D eigenvalue weighted by Gasteiger charge is 2.26. The quantitative estimate of drug-likeness (QED) is 0.763. The van der Waals surface area contributed by atoms with E-state index in [2.05, 4.69) is 40.4 Å². The number of carbonyl (C=O) groups is 1. The Morgan fingerprint density at radius 3 is 3.05 bits per heavy atom. The van der Waals surface area contributed by atoms with Gasteiger partial charge in [-0.05, 0) is 43.2 Å². The van der Waals surface area contributed by atoms with Crippen molar-refractivity contribution < 1.29 is 4.79 Å². The number of amides is 1. The summed E-state index contributed by atoms with van der Waals surface area (Å²) >= 11 is 0. The Hall–Kier alpha value is -2.62. The minimum atomic E-state index is -0.0521. The molecule has 0 spiro atoms. The summed E-state index contributed by atoms with van der Waals surface area (Å²) < 4.78 is 0. The lowest BCUT2D eigenvalue weighted by molar-refractivity contribution is 0.0938. The summed E-state index contributed by atoms with van der Waals surface area (Å²) in [6.07, 6.45) is 5.01. The lowest BCUT2D eigenvalue weighted by Gasteiger charge is -2.12. The monoisotopic (exact) mass is 291 g/mol. The molecule has 2 heterocycles. The first kappa shape index (κ1) is 13.1. The second-order valence-corrected chi connectivity index (χ2v) is 5.95. The van der Waals surface area contributed by atoms with Gasteiger partial charge in [-0.2, -0.15) is 0 Å². The highest BCUT2D eigenvalue weighted by atomic mass is 16.1. The van der Waals surface area contributed by atoms with E-state index in [4.69, 9.17) is 0 Å². The zero-order valence-electron chi connectivity index (χ0n) is 12.4. The maximum atomic E-state index is 12.2. The van der Waals surface area contributed by atoms with Gasteiger partial charge in [-0.15, -0.1) is 0 Å². The predicted molar refractivity (Wildman–Crippen MR) is 85.9 cm³/mol. The van der Waals surface area contributed by atoms with Crippen molar-refractivity contribution >= 4 is 16.8 Å². The maximum Gasteiger partial charge on any atom is 0.253 e. The number of rotatable bonds is 2. The van der Waals surface area contributed by atoms with E-state index in [9.17, 15) is 4.79 Å². The Balaban J connectivity index is 1.55. The summed E-state index contributed by atoms with van der Waals surface area (Å²) in [4.78, 5) is 19.7. The topological polar surface area (TPSA) is 57.8 Å². The molecule has 4 rings (SSSR count). The number of nitrogens with one attached hydrogen (secondary N) is 2. The lowest BCUT2D eigenvalue weighted by Crippen LogP contribution is -2.35. The Morgan fingerprint density at radius 2 is 2.23 bits per heavy atom. The van der Waals surface area contributed by atoms with Crippen LogP contribution in [0.25, 0.3) is 10.9 Å². The molecule has 1 amide bonds. The molecule has 1 aliphatic rings. The van der Waals surface area contributed by atoms with Crippen LogP contribution in [0, 0.1) is 6.92 Å². The third-order valence-electron chi connectivity index (χ3n) is 4.31. The molecule has 0 fully saturated rings. The number of fused-ring (bicyclic) bond motifs is 3. The van der Waals surface area contributed by atoms with Crippen molar-refractivity contribution in [3.63, 3.8) is 0 Å². The largest absolute Gasteiger partial charge is 0.358 e. The Bertz CT molecular complexity index is 851. The number of carbonyl (C=O) groups excluding carboxylic acids is 1. The maximum absolute atomic E-state index is 12.2. The third kappa shape index (κ3) is 2.17. The molecule has 4 nitrogen and oxygen atoms in total. The van der Waals surface area contributed by atoms with Crippen LogP contribution in [0.4, 0.5) is 0 Å². The first-order valence-electron chi connectivity index (χ1n) is 7.51. The highest BCUT2D eigenvalue weighted by Crippen LogP contribution is 2.30. The fraction of sp³-hybridized carbons (Fsp3) is 0.222. The molecule has 22 heavy (non-hydrogen) atoms. The van der Waals surface area contributed by atoms with Crippen LogP contribution in [-0.2, 0) is 12.8 Å². The van der Waals surface area contributed by atoms with E-state index in [1.807, 2.05) is 0 Å². The number of aromatic nitrogens is 2. The van der Waals surface area contributed by atoms with Gasteiger partial charge in [0.05, 0.1) is 5.56 Å². The molecule has 110 valence electrons. The molecular weight excluding hydrogens is 274 g/mol. The van der Waals surface area contributed by atoms with E-state index in [-0.39, 0.29) is 11.9 Å². The van der Waals surface area contributed by atoms with Gasteiger partial charge in [0.25, 0.3) is 5.91 Å². The molecule has 0 radical (unpaired) electrons. The zero-order chi connectivity index (χ0) is 15.1. The van der Waals surface area contributed by atoms with E-state index in [1.54, 1.807) is 24.5 Å². The summed E-state index contributed by atoms with van der Waals surface area (Å²) in [5.74, 6) is -0.0521. The molecule has 0 aliphatic heterocycles. The molecule has 0 saturated heterocycles. The van der Waals surface area contributed by atoms with E-state index in [1.165, 1.54) is 27.7 Å². The number of nitrogens with zero attached hydrogens (tertiary/aromatic N) is 1. The van der Waals surface area contributed by atoms with Crippen molar-refractivity contribution in [3.05, 3.63) is 65.1 Å². The van der Waals surface area contributed by atoms with Gasteiger partial charge in [-0.3, -0.25) is 9.78 Å². The summed E-state index contributed by atoms with van der Waals surface area (Å²) in [6, 6.07) is 10.2. The van der Waals surface area contributed by atoms with Crippen molar-refractivity contribution in [1.82, 2.24) is 15.3 Å². The van der Waals surface area contributed by atoms with Crippen LogP contribution >= 0.6 is 0 Å². The standard InChI is InChI=1S/C18H17N3O/c1-11-4-5-16-14(7-11)15-8-13(9-17(15)21-16)20-18(22)12-3-2-6-19-10-12/h2-7,10,13,21H,8-9H2,1H3,(H,20,22). The van der Waals surface area contributed by atoms with Crippen molar-refractivity contribution in [2.24, 2.45) is 0 Å². The average molecular weight is 291 g/mol. The second-order valence-electron chi connectivity index (χ2n) is 5.95. The predicted octanol–water partition coefficient (Wildman–Crippen LogP) is 2.77. The van der Waals surface area contributed by atoms with E-state index in [0.29, 0.717) is 5.56 Å². The molecule has 0 saturated carbocycles. The molecule has 1 aromatic carbocycles. The molecule has 1 aliphatic carbocycles. The minimum absolute atomic E-state index is 0.0521. The van der Waals surface area contributed by atoms with Crippen molar-refractivity contribution in [3.8, 4) is 0 Å². The van der Waals surface area contributed by atoms with Gasteiger partial charge in [0.2, 0.25) is 0 Å². The number of hydrogen-bond acceptors (Lipinski definition) is 2. The zero-order valence-corrected chi connectivity index (χ0v) is 12.4. The average Bonchev–Trinajstić information content (AvgIpc) is 3.05. The van der Waals surface area contributed by atoms with Gasteiger partial charge >= 0.3 is 0 Å². The summed E-state index contributed by atoms with van der Waals surface area (Å²) in [6.45, 7) is 2.11. The van der Waals surface area contributed by atoms with Gasteiger partial charge in [-0.25, -0.2) is 0 Å². The van der Waals surface area contributed by atoms with Crippen molar-refractivity contribution in [2.75, 3.05) is 0 Å². The molecule has 2 N–H and O–H groups in total. The number of hydrogen-bond donors (Lipinski definition) is 2. The Morgan fingerprint density at radius 1 is 1.32 bits per heavy atom. The molecule has 4 heteroatoms. The first-order chi connectivity index (χ1) is 10.7. The SMILES string of the molecule is Cc1ccc2[nH]c3c(c2c1)CC(NC(=O)c1cccnc1)C3. The fourth-order valence-corrected chi connectivity index (χ4v) is 3.26. The smallest absolute Gasteiger partial charge is 0.253 e. The van der Waals surface area contributed by atoms with Crippen LogP contribution in [0.3, 0.4) is 0 Å². The number of H-pyrrole nitrogens is 1. The van der Waals surface area contributed by atoms with E-state index < -0.39 is 0 Å². The van der Waals surface area contributed by atoms with Gasteiger partial charge in [0.15, 0.2) is 0 Å². The number of benzene rings is 1. The molecule has 0 bridgehead atoms. The number of pyridine rings is 1. The van der Waals surface area contributed by atoms with Crippen LogP contribution < -0.4 is 5.32 Å². The van der Waals surface area contributed by atoms with Crippen LogP contribution in [-0.4, -0.2) is 21.9 Å². The molecule has 1 atom stereocenters. The lowest BCUT2D eigenvalue weighted by atomic mass is 10.1. The third-order valence-corrected chi connectivity index (χ3v) is 4.31. The minimum Gasteiger partial charge on any atom is -0.358 e. The number of aromatic amines is 1. The highest BCUT2D eigenvalue weighted by molar-refractivity contribution is 5.94. The van der Waals surface area contributed by atoms with E-state index in [0.717, 1.165) is 12.8 Å². The second kappa shape index (κ2) is 4.98. The molecular formula is C18H17N3O. The van der Waals surface area contributed by atoms with Gasteiger partial charge in [0.1, 0.15) is 0 Å². The van der Waals surface area contributed by atoms with Crippen molar-refractivity contribution in [2.45, 2.75) is 25.8 Å². The van der Waals surface area contributed by atoms with Crippen LogP contribution in [0.2, 0.25) is 0 Å². The molecule has 3 aromatic rings. The van der Waals surface area contributed by atoms with Gasteiger partial charge in [-0.1, -0.05) is 11.6 Å². The van der Waals surface area contributed by atoms with Crippen LogP contribution in [0.15, 0.2) is 42.7 Å². The van der Waals surface area contributed by atoms with E-state index >= 15 is 0 Å². The van der Waals surface area contributed by atoms with Gasteiger partial charge in [0, 0.05) is 41.5 Å². The number of aryl methyl sites for hydroxylation is 1. The van der Waals surface area contributed by atoms with Crippen LogP contribution in [0.1, 0.15) is 27.2 Å². The molecule has 2 aromatic heterocycles. The van der Waals surface area contributed by atoms with Crippen LogP contribution in [0.5, 0.6) is 0 Å². The summed E-state index contributed by atoms with van der Waals surface area (Å²) in [7, 11) is 0. The molecule has 1 unspecified atom stereocenters.